The monoisotopic (exact) mass is 428 g/mol. The van der Waals surface area contributed by atoms with Gasteiger partial charge in [-0.25, -0.2) is 4.98 Å². The summed E-state index contributed by atoms with van der Waals surface area (Å²) in [6, 6.07) is 17.3. The second-order valence-corrected chi connectivity index (χ2v) is 9.13. The van der Waals surface area contributed by atoms with Crippen molar-refractivity contribution in [2.45, 2.75) is 38.3 Å². The third-order valence-electron chi connectivity index (χ3n) is 6.61. The Labute approximate surface area is 189 Å². The van der Waals surface area contributed by atoms with Crippen LogP contribution in [0.5, 0.6) is 0 Å². The van der Waals surface area contributed by atoms with E-state index in [2.05, 4.69) is 56.9 Å². The topological polar surface area (TPSA) is 68.9 Å². The Morgan fingerprint density at radius 1 is 0.969 bits per heavy atom. The molecule has 2 heterocycles. The molecule has 166 valence electrons. The summed E-state index contributed by atoms with van der Waals surface area (Å²) >= 11 is 0. The number of hydrogen-bond acceptors (Lipinski definition) is 5. The van der Waals surface area contributed by atoms with Gasteiger partial charge in [0.1, 0.15) is 5.82 Å². The molecule has 0 bridgehead atoms. The van der Waals surface area contributed by atoms with Gasteiger partial charge in [-0.15, -0.1) is 0 Å². The fourth-order valence-corrected chi connectivity index (χ4v) is 4.87. The lowest BCUT2D eigenvalue weighted by molar-refractivity contribution is 0.324. The maximum Gasteiger partial charge on any atom is 0.225 e. The van der Waals surface area contributed by atoms with Crippen LogP contribution in [0.4, 0.5) is 11.8 Å². The van der Waals surface area contributed by atoms with E-state index in [0.29, 0.717) is 6.04 Å². The Morgan fingerprint density at radius 2 is 1.81 bits per heavy atom. The predicted molar refractivity (Wildman–Crippen MR) is 133 cm³/mol. The van der Waals surface area contributed by atoms with E-state index < -0.39 is 0 Å². The molecule has 0 amide bonds. The van der Waals surface area contributed by atoms with Gasteiger partial charge in [-0.05, 0) is 67.3 Å². The van der Waals surface area contributed by atoms with E-state index in [-0.39, 0.29) is 0 Å². The number of fused-ring (bicyclic) bond motifs is 2. The number of nitrogens with one attached hydrogen (secondary N) is 3. The van der Waals surface area contributed by atoms with Crippen LogP contribution in [0.2, 0.25) is 0 Å². The number of para-hydroxylation sites is 2. The molecule has 2 aromatic carbocycles. The highest BCUT2D eigenvalue weighted by molar-refractivity contribution is 5.90. The van der Waals surface area contributed by atoms with E-state index in [4.69, 9.17) is 9.97 Å². The molecule has 0 aliphatic heterocycles. The van der Waals surface area contributed by atoms with Crippen LogP contribution in [0.25, 0.3) is 21.8 Å². The van der Waals surface area contributed by atoms with E-state index in [0.717, 1.165) is 54.5 Å². The zero-order chi connectivity index (χ0) is 21.9. The normalized spacial score (nSPS) is 18.8. The third kappa shape index (κ3) is 4.41. The molecule has 1 aliphatic rings. The van der Waals surface area contributed by atoms with Gasteiger partial charge in [0.25, 0.3) is 0 Å². The fourth-order valence-electron chi connectivity index (χ4n) is 4.87. The second kappa shape index (κ2) is 9.17. The van der Waals surface area contributed by atoms with Gasteiger partial charge in [0, 0.05) is 43.8 Å². The Bertz CT molecular complexity index is 1190. The molecule has 0 spiro atoms. The van der Waals surface area contributed by atoms with Gasteiger partial charge in [0.05, 0.1) is 5.52 Å². The summed E-state index contributed by atoms with van der Waals surface area (Å²) in [6.07, 6.45) is 6.79. The van der Waals surface area contributed by atoms with Gasteiger partial charge < -0.3 is 20.5 Å². The molecule has 0 atom stereocenters. The van der Waals surface area contributed by atoms with Gasteiger partial charge >= 0.3 is 0 Å². The van der Waals surface area contributed by atoms with Crippen LogP contribution < -0.4 is 15.5 Å². The minimum Gasteiger partial charge on any atom is -0.362 e. The molecule has 5 rings (SSSR count). The highest BCUT2D eigenvalue weighted by atomic mass is 15.2. The smallest absolute Gasteiger partial charge is 0.225 e. The minimum atomic E-state index is 0.440. The Morgan fingerprint density at radius 3 is 2.66 bits per heavy atom. The van der Waals surface area contributed by atoms with E-state index in [1.165, 1.54) is 29.3 Å². The van der Waals surface area contributed by atoms with Crippen LogP contribution >= 0.6 is 0 Å². The molecule has 0 radical (unpaired) electrons. The van der Waals surface area contributed by atoms with Crippen LogP contribution in [-0.4, -0.2) is 41.6 Å². The molecule has 0 saturated heterocycles. The molecule has 0 unspecified atom stereocenters. The fraction of sp³-hybridized carbons (Fsp3) is 0.385. The number of anilines is 2. The molecule has 32 heavy (non-hydrogen) atoms. The van der Waals surface area contributed by atoms with Gasteiger partial charge in [-0.2, -0.15) is 4.98 Å². The highest BCUT2D eigenvalue weighted by Crippen LogP contribution is 2.28. The minimum absolute atomic E-state index is 0.440. The van der Waals surface area contributed by atoms with E-state index in [1.54, 1.807) is 0 Å². The summed E-state index contributed by atoms with van der Waals surface area (Å²) in [6.45, 7) is 1.98. The van der Waals surface area contributed by atoms with Crippen LogP contribution in [-0.2, 0) is 6.54 Å². The average Bonchev–Trinajstić information content (AvgIpc) is 3.29. The Balaban J connectivity index is 1.15. The molecule has 1 fully saturated rings. The van der Waals surface area contributed by atoms with Crippen molar-refractivity contribution in [1.29, 1.82) is 0 Å². The SMILES string of the molecule is CN(C)c1nc(N[C@H]2CC[C@@H](CNCc3cccc4cc[nH]c34)CC2)nc2ccccc12. The quantitative estimate of drug-likeness (QED) is 0.389. The Kier molecular flexibility index (Phi) is 5.95. The predicted octanol–water partition coefficient (Wildman–Crippen LogP) is 4.94. The van der Waals surface area contributed by atoms with Crippen LogP contribution in [0.15, 0.2) is 54.7 Å². The van der Waals surface area contributed by atoms with Gasteiger partial charge in [0.15, 0.2) is 0 Å². The van der Waals surface area contributed by atoms with Crippen molar-refractivity contribution in [2.24, 2.45) is 5.92 Å². The molecule has 3 N–H and O–H groups in total. The van der Waals surface area contributed by atoms with Gasteiger partial charge in [-0.1, -0.05) is 30.3 Å². The summed E-state index contributed by atoms with van der Waals surface area (Å²) in [5, 5.41) is 9.67. The first-order chi connectivity index (χ1) is 15.7. The van der Waals surface area contributed by atoms with Crippen LogP contribution in [0, 0.1) is 5.92 Å². The van der Waals surface area contributed by atoms with Crippen molar-refractivity contribution in [3.63, 3.8) is 0 Å². The van der Waals surface area contributed by atoms with Crippen LogP contribution in [0.3, 0.4) is 0 Å². The van der Waals surface area contributed by atoms with E-state index in [1.807, 2.05) is 32.4 Å². The lowest BCUT2D eigenvalue weighted by Gasteiger charge is -2.29. The van der Waals surface area contributed by atoms with E-state index >= 15 is 0 Å². The maximum absolute atomic E-state index is 4.81. The number of aromatic amines is 1. The number of aromatic nitrogens is 3. The third-order valence-corrected chi connectivity index (χ3v) is 6.61. The van der Waals surface area contributed by atoms with Crippen molar-refractivity contribution in [2.75, 3.05) is 30.9 Å². The van der Waals surface area contributed by atoms with Crippen molar-refractivity contribution in [1.82, 2.24) is 20.3 Å². The summed E-state index contributed by atoms with van der Waals surface area (Å²) in [7, 11) is 4.07. The molecular formula is C26H32N6. The average molecular weight is 429 g/mol. The Hall–Kier alpha value is -3.12. The van der Waals surface area contributed by atoms with Crippen molar-refractivity contribution < 1.29 is 0 Å². The summed E-state index contributed by atoms with van der Waals surface area (Å²) in [5.41, 5.74) is 3.58. The van der Waals surface area contributed by atoms with Crippen molar-refractivity contribution >= 4 is 33.6 Å². The van der Waals surface area contributed by atoms with Crippen LogP contribution in [0.1, 0.15) is 31.2 Å². The van der Waals surface area contributed by atoms with Crippen molar-refractivity contribution in [3.05, 3.63) is 60.3 Å². The summed E-state index contributed by atoms with van der Waals surface area (Å²) in [4.78, 5) is 15.0. The zero-order valence-electron chi connectivity index (χ0n) is 18.9. The van der Waals surface area contributed by atoms with Gasteiger partial charge in [0.2, 0.25) is 5.95 Å². The number of benzene rings is 2. The standard InChI is InChI=1S/C26H32N6/c1-32(2)25-22-8-3-4-9-23(22)30-26(31-25)29-21-12-10-18(11-13-21)16-27-17-20-7-5-6-19-14-15-28-24(19)20/h3-9,14-15,18,21,27-28H,10-13,16-17H2,1-2H3,(H,29,30,31)/t18-,21+. The molecule has 6 nitrogen and oxygen atoms in total. The molecule has 1 saturated carbocycles. The van der Waals surface area contributed by atoms with E-state index in [9.17, 15) is 0 Å². The lowest BCUT2D eigenvalue weighted by atomic mass is 9.86. The summed E-state index contributed by atoms with van der Waals surface area (Å²) < 4.78 is 0. The lowest BCUT2D eigenvalue weighted by Crippen LogP contribution is -2.31. The first-order valence-corrected chi connectivity index (χ1v) is 11.6. The zero-order valence-corrected chi connectivity index (χ0v) is 18.9. The number of nitrogens with zero attached hydrogens (tertiary/aromatic N) is 3. The highest BCUT2D eigenvalue weighted by Gasteiger charge is 2.22. The number of hydrogen-bond donors (Lipinski definition) is 3. The first-order valence-electron chi connectivity index (χ1n) is 11.6. The van der Waals surface area contributed by atoms with Crippen molar-refractivity contribution in [3.8, 4) is 0 Å². The molecule has 6 heteroatoms. The number of H-pyrrole nitrogens is 1. The molecular weight excluding hydrogens is 396 g/mol. The van der Waals surface area contributed by atoms with Gasteiger partial charge in [-0.3, -0.25) is 0 Å². The molecule has 4 aromatic rings. The molecule has 1 aliphatic carbocycles. The first kappa shape index (κ1) is 20.8. The summed E-state index contributed by atoms with van der Waals surface area (Å²) in [5.74, 6) is 2.44. The second-order valence-electron chi connectivity index (χ2n) is 9.13. The maximum atomic E-state index is 4.81. The largest absolute Gasteiger partial charge is 0.362 e. The number of rotatable bonds is 7. The molecule has 2 aromatic heterocycles.